The Morgan fingerprint density at radius 2 is 1.86 bits per heavy atom. The molecule has 7 heteroatoms. The van der Waals surface area contributed by atoms with Gasteiger partial charge in [-0.2, -0.15) is 0 Å². The maximum Gasteiger partial charge on any atom is 0.191 e. The van der Waals surface area contributed by atoms with Crippen LogP contribution >= 0.6 is 11.8 Å². The van der Waals surface area contributed by atoms with Crippen LogP contribution in [0.3, 0.4) is 0 Å². The van der Waals surface area contributed by atoms with Gasteiger partial charge in [-0.25, -0.2) is 9.97 Å². The van der Waals surface area contributed by atoms with E-state index in [4.69, 9.17) is 11.5 Å². The van der Waals surface area contributed by atoms with E-state index < -0.39 is 0 Å². The van der Waals surface area contributed by atoms with E-state index in [0.29, 0.717) is 16.8 Å². The molecule has 0 amide bonds. The summed E-state index contributed by atoms with van der Waals surface area (Å²) < 4.78 is 2.17. The van der Waals surface area contributed by atoms with Gasteiger partial charge in [0.25, 0.3) is 0 Å². The zero-order valence-corrected chi connectivity index (χ0v) is 13.9. The fraction of sp³-hybridized carbons (Fsp3) is 0.400. The van der Waals surface area contributed by atoms with Gasteiger partial charge in [-0.05, 0) is 26.3 Å². The van der Waals surface area contributed by atoms with Crippen molar-refractivity contribution in [1.29, 1.82) is 0 Å². The van der Waals surface area contributed by atoms with Crippen LogP contribution in [-0.2, 0) is 6.54 Å². The van der Waals surface area contributed by atoms with Crippen LogP contribution in [0.2, 0.25) is 0 Å². The van der Waals surface area contributed by atoms with Crippen molar-refractivity contribution in [3.63, 3.8) is 0 Å². The van der Waals surface area contributed by atoms with Crippen molar-refractivity contribution >= 4 is 29.2 Å². The SMILES string of the molecule is CCCn1c(C)cc(C(=O)CSc2nc(N)cc(N)n2)c1C. The standard InChI is InChI=1S/C15H21N5OS/c1-4-5-20-9(2)6-11(10(20)3)12(21)8-22-15-18-13(16)7-14(17)19-15/h6-7H,4-5,8H2,1-3H3,(H4,16,17,18,19). The van der Waals surface area contributed by atoms with E-state index in [1.165, 1.54) is 17.8 Å². The van der Waals surface area contributed by atoms with Crippen molar-refractivity contribution in [2.75, 3.05) is 17.2 Å². The molecule has 2 heterocycles. The van der Waals surface area contributed by atoms with Crippen LogP contribution in [0.4, 0.5) is 11.6 Å². The van der Waals surface area contributed by atoms with Crippen LogP contribution in [-0.4, -0.2) is 26.1 Å². The smallest absolute Gasteiger partial charge is 0.191 e. The first-order valence-corrected chi connectivity index (χ1v) is 8.13. The van der Waals surface area contributed by atoms with Gasteiger partial charge < -0.3 is 16.0 Å². The lowest BCUT2D eigenvalue weighted by Gasteiger charge is -2.07. The van der Waals surface area contributed by atoms with E-state index in [0.717, 1.165) is 29.9 Å². The quantitative estimate of drug-likeness (QED) is 0.482. The van der Waals surface area contributed by atoms with E-state index in [1.807, 2.05) is 19.9 Å². The van der Waals surface area contributed by atoms with Gasteiger partial charge >= 0.3 is 0 Å². The van der Waals surface area contributed by atoms with Gasteiger partial charge in [0.2, 0.25) is 0 Å². The summed E-state index contributed by atoms with van der Waals surface area (Å²) in [4.78, 5) is 20.6. The molecule has 0 spiro atoms. The normalized spacial score (nSPS) is 10.9. The molecule has 0 saturated heterocycles. The molecule has 0 aliphatic heterocycles. The largest absolute Gasteiger partial charge is 0.383 e. The number of nitrogens with two attached hydrogens (primary N) is 2. The van der Waals surface area contributed by atoms with Gasteiger partial charge in [-0.15, -0.1) is 0 Å². The van der Waals surface area contributed by atoms with E-state index in [9.17, 15) is 4.79 Å². The van der Waals surface area contributed by atoms with E-state index in [2.05, 4.69) is 21.5 Å². The maximum atomic E-state index is 12.4. The van der Waals surface area contributed by atoms with Crippen molar-refractivity contribution in [3.05, 3.63) is 29.1 Å². The summed E-state index contributed by atoms with van der Waals surface area (Å²) in [5, 5.41) is 0.424. The van der Waals surface area contributed by atoms with Gasteiger partial charge in [0, 0.05) is 29.6 Å². The van der Waals surface area contributed by atoms with E-state index in [1.54, 1.807) is 0 Å². The number of aryl methyl sites for hydroxylation is 1. The number of hydrogen-bond acceptors (Lipinski definition) is 6. The number of rotatable bonds is 6. The van der Waals surface area contributed by atoms with Crippen molar-refractivity contribution in [2.24, 2.45) is 0 Å². The van der Waals surface area contributed by atoms with Crippen LogP contribution in [0, 0.1) is 13.8 Å². The molecule has 0 saturated carbocycles. The lowest BCUT2D eigenvalue weighted by Crippen LogP contribution is -2.07. The number of nitrogen functional groups attached to an aromatic ring is 2. The fourth-order valence-corrected chi connectivity index (χ4v) is 3.14. The minimum Gasteiger partial charge on any atom is -0.383 e. The molecule has 2 aromatic heterocycles. The zero-order valence-electron chi connectivity index (χ0n) is 13.1. The summed E-state index contributed by atoms with van der Waals surface area (Å²) in [6.45, 7) is 7.05. The van der Waals surface area contributed by atoms with Crippen molar-refractivity contribution in [2.45, 2.75) is 38.9 Å². The number of carbonyl (C=O) groups excluding carboxylic acids is 1. The summed E-state index contributed by atoms with van der Waals surface area (Å²) in [7, 11) is 0. The lowest BCUT2D eigenvalue weighted by atomic mass is 10.2. The Morgan fingerprint density at radius 1 is 1.23 bits per heavy atom. The Balaban J connectivity index is 2.11. The predicted octanol–water partition coefficient (Wildman–Crippen LogP) is 2.44. The van der Waals surface area contributed by atoms with Gasteiger partial charge in [-0.3, -0.25) is 4.79 Å². The molecule has 4 N–H and O–H groups in total. The topological polar surface area (TPSA) is 99.8 Å². The third-order valence-corrected chi connectivity index (χ3v) is 4.25. The molecule has 0 bridgehead atoms. The van der Waals surface area contributed by atoms with Crippen LogP contribution in [0.5, 0.6) is 0 Å². The molecule has 0 aliphatic carbocycles. The lowest BCUT2D eigenvalue weighted by molar-refractivity contribution is 0.102. The summed E-state index contributed by atoms with van der Waals surface area (Å²) in [6.07, 6.45) is 1.04. The van der Waals surface area contributed by atoms with Crippen LogP contribution in [0.15, 0.2) is 17.3 Å². The first-order chi connectivity index (χ1) is 10.4. The summed E-state index contributed by atoms with van der Waals surface area (Å²) in [5.74, 6) is 0.941. The highest BCUT2D eigenvalue weighted by Crippen LogP contribution is 2.21. The Kier molecular flexibility index (Phi) is 5.07. The number of carbonyl (C=O) groups is 1. The second kappa shape index (κ2) is 6.83. The van der Waals surface area contributed by atoms with E-state index >= 15 is 0 Å². The molecular weight excluding hydrogens is 298 g/mol. The monoisotopic (exact) mass is 319 g/mol. The Hall–Kier alpha value is -2.02. The first kappa shape index (κ1) is 16.4. The first-order valence-electron chi connectivity index (χ1n) is 7.15. The third-order valence-electron chi connectivity index (χ3n) is 3.40. The Morgan fingerprint density at radius 3 is 2.45 bits per heavy atom. The Labute approximate surface area is 134 Å². The molecule has 0 unspecified atom stereocenters. The number of nitrogens with zero attached hydrogens (tertiary/aromatic N) is 3. The van der Waals surface area contributed by atoms with Crippen LogP contribution in [0.1, 0.15) is 35.1 Å². The summed E-state index contributed by atoms with van der Waals surface area (Å²) in [5.41, 5.74) is 14.1. The van der Waals surface area contributed by atoms with E-state index in [-0.39, 0.29) is 11.5 Å². The molecule has 0 aromatic carbocycles. The second-order valence-electron chi connectivity index (χ2n) is 5.15. The number of anilines is 2. The summed E-state index contributed by atoms with van der Waals surface area (Å²) in [6, 6.07) is 3.44. The van der Waals surface area contributed by atoms with Crippen molar-refractivity contribution in [3.8, 4) is 0 Å². The molecule has 0 radical (unpaired) electrons. The highest BCUT2D eigenvalue weighted by Gasteiger charge is 2.16. The highest BCUT2D eigenvalue weighted by molar-refractivity contribution is 7.99. The number of Topliss-reactive ketones (excluding diaryl/α,β-unsaturated/α-hetero) is 1. The minimum absolute atomic E-state index is 0.0602. The molecule has 2 rings (SSSR count). The van der Waals surface area contributed by atoms with Gasteiger partial charge in [0.15, 0.2) is 10.9 Å². The minimum atomic E-state index is 0.0602. The summed E-state index contributed by atoms with van der Waals surface area (Å²) >= 11 is 1.25. The molecule has 6 nitrogen and oxygen atoms in total. The second-order valence-corrected chi connectivity index (χ2v) is 6.09. The molecule has 0 fully saturated rings. The predicted molar refractivity (Wildman–Crippen MR) is 90.1 cm³/mol. The average molecular weight is 319 g/mol. The highest BCUT2D eigenvalue weighted by atomic mass is 32.2. The molecule has 22 heavy (non-hydrogen) atoms. The molecule has 0 aliphatic rings. The maximum absolute atomic E-state index is 12.4. The third kappa shape index (κ3) is 3.59. The number of ketones is 1. The van der Waals surface area contributed by atoms with Crippen LogP contribution in [0.25, 0.3) is 0 Å². The van der Waals surface area contributed by atoms with Gasteiger partial charge in [0.1, 0.15) is 11.6 Å². The zero-order chi connectivity index (χ0) is 16.3. The molecular formula is C15H21N5OS. The number of aromatic nitrogens is 3. The van der Waals surface area contributed by atoms with Crippen molar-refractivity contribution < 1.29 is 4.79 Å². The fourth-order valence-electron chi connectivity index (χ4n) is 2.39. The van der Waals surface area contributed by atoms with Crippen molar-refractivity contribution in [1.82, 2.24) is 14.5 Å². The molecule has 0 atom stereocenters. The molecule has 2 aromatic rings. The Bertz CT molecular complexity index is 675. The molecule has 118 valence electrons. The van der Waals surface area contributed by atoms with Gasteiger partial charge in [-0.1, -0.05) is 18.7 Å². The number of thioether (sulfide) groups is 1. The van der Waals surface area contributed by atoms with Crippen LogP contribution < -0.4 is 11.5 Å². The number of hydrogen-bond donors (Lipinski definition) is 2. The van der Waals surface area contributed by atoms with Gasteiger partial charge in [0.05, 0.1) is 5.75 Å². The average Bonchev–Trinajstić information content (AvgIpc) is 2.72.